The number of anilines is 1. The van der Waals surface area contributed by atoms with E-state index in [4.69, 9.17) is 0 Å². The maximum atomic E-state index is 4.53. The van der Waals surface area contributed by atoms with Crippen LogP contribution in [-0.2, 0) is 0 Å². The number of aryl methyl sites for hydroxylation is 1. The minimum Gasteiger partial charge on any atom is -0.356 e. The van der Waals surface area contributed by atoms with Crippen molar-refractivity contribution in [2.75, 3.05) is 18.0 Å². The van der Waals surface area contributed by atoms with Crippen molar-refractivity contribution >= 4 is 27.4 Å². The molecule has 2 aromatic rings. The van der Waals surface area contributed by atoms with Crippen molar-refractivity contribution in [3.8, 4) is 0 Å². The number of aromatic nitrogens is 2. The van der Waals surface area contributed by atoms with Crippen LogP contribution >= 0.6 is 11.3 Å². The van der Waals surface area contributed by atoms with Crippen LogP contribution in [0.4, 0.5) is 5.82 Å². The molecule has 96 valence electrons. The summed E-state index contributed by atoms with van der Waals surface area (Å²) in [5.41, 5.74) is 0. The Kier molecular flexibility index (Phi) is 3.20. The van der Waals surface area contributed by atoms with E-state index in [9.17, 15) is 0 Å². The van der Waals surface area contributed by atoms with E-state index < -0.39 is 0 Å². The SMILES string of the molecule is CCC1CCCN(c2ncnc3sc(C)cc23)C1. The standard InChI is InChI=1S/C14H19N3S/c1-3-11-5-4-6-17(8-11)13-12-7-10(2)18-14(12)16-9-15-13/h7,9,11H,3-6,8H2,1-2H3. The van der Waals surface area contributed by atoms with Crippen LogP contribution < -0.4 is 4.90 Å². The van der Waals surface area contributed by atoms with Gasteiger partial charge in [0.1, 0.15) is 17.0 Å². The van der Waals surface area contributed by atoms with Gasteiger partial charge in [-0.15, -0.1) is 11.3 Å². The van der Waals surface area contributed by atoms with Crippen molar-refractivity contribution in [1.82, 2.24) is 9.97 Å². The van der Waals surface area contributed by atoms with Crippen LogP contribution in [0.25, 0.3) is 10.2 Å². The van der Waals surface area contributed by atoms with Crippen LogP contribution in [0.1, 0.15) is 31.1 Å². The first-order valence-electron chi connectivity index (χ1n) is 6.74. The molecule has 0 amide bonds. The zero-order chi connectivity index (χ0) is 12.5. The molecule has 1 saturated heterocycles. The zero-order valence-electron chi connectivity index (χ0n) is 11.0. The van der Waals surface area contributed by atoms with Crippen LogP contribution in [0.2, 0.25) is 0 Å². The lowest BCUT2D eigenvalue weighted by Crippen LogP contribution is -2.35. The Hall–Kier alpha value is -1.16. The highest BCUT2D eigenvalue weighted by Gasteiger charge is 2.21. The molecule has 0 aliphatic carbocycles. The van der Waals surface area contributed by atoms with Gasteiger partial charge in [-0.2, -0.15) is 0 Å². The Bertz CT molecular complexity index is 549. The first-order valence-corrected chi connectivity index (χ1v) is 7.55. The maximum absolute atomic E-state index is 4.53. The van der Waals surface area contributed by atoms with Crippen molar-refractivity contribution in [3.63, 3.8) is 0 Å². The Balaban J connectivity index is 1.98. The Morgan fingerprint density at radius 2 is 2.33 bits per heavy atom. The Morgan fingerprint density at radius 3 is 3.17 bits per heavy atom. The molecule has 0 radical (unpaired) electrons. The van der Waals surface area contributed by atoms with Gasteiger partial charge in [-0.05, 0) is 31.7 Å². The lowest BCUT2D eigenvalue weighted by Gasteiger charge is -2.33. The van der Waals surface area contributed by atoms with Gasteiger partial charge >= 0.3 is 0 Å². The first kappa shape index (κ1) is 11.9. The molecule has 1 fully saturated rings. The topological polar surface area (TPSA) is 29.0 Å². The number of hydrogen-bond acceptors (Lipinski definition) is 4. The molecule has 1 unspecified atom stereocenters. The molecular formula is C14H19N3S. The molecule has 0 spiro atoms. The maximum Gasteiger partial charge on any atom is 0.140 e. The van der Waals surface area contributed by atoms with Gasteiger partial charge < -0.3 is 4.90 Å². The van der Waals surface area contributed by atoms with Gasteiger partial charge in [0.25, 0.3) is 0 Å². The van der Waals surface area contributed by atoms with E-state index in [-0.39, 0.29) is 0 Å². The van der Waals surface area contributed by atoms with Gasteiger partial charge in [-0.3, -0.25) is 0 Å². The van der Waals surface area contributed by atoms with E-state index >= 15 is 0 Å². The molecule has 0 bridgehead atoms. The smallest absolute Gasteiger partial charge is 0.140 e. The van der Waals surface area contributed by atoms with E-state index in [1.807, 2.05) is 0 Å². The van der Waals surface area contributed by atoms with Gasteiger partial charge in [0.05, 0.1) is 5.39 Å². The quantitative estimate of drug-likeness (QED) is 0.826. The third-order valence-corrected chi connectivity index (χ3v) is 4.79. The summed E-state index contributed by atoms with van der Waals surface area (Å²) in [6, 6.07) is 2.23. The average Bonchev–Trinajstić information content (AvgIpc) is 2.78. The highest BCUT2D eigenvalue weighted by Crippen LogP contribution is 2.32. The van der Waals surface area contributed by atoms with Crippen molar-refractivity contribution in [1.29, 1.82) is 0 Å². The van der Waals surface area contributed by atoms with Crippen molar-refractivity contribution in [3.05, 3.63) is 17.3 Å². The molecule has 2 aromatic heterocycles. The van der Waals surface area contributed by atoms with Crippen molar-refractivity contribution in [2.45, 2.75) is 33.1 Å². The second-order valence-corrected chi connectivity index (χ2v) is 6.37. The fourth-order valence-electron chi connectivity index (χ4n) is 2.81. The molecular weight excluding hydrogens is 242 g/mol. The van der Waals surface area contributed by atoms with E-state index in [0.29, 0.717) is 0 Å². The van der Waals surface area contributed by atoms with Crippen LogP contribution in [0.15, 0.2) is 12.4 Å². The minimum absolute atomic E-state index is 0.823. The van der Waals surface area contributed by atoms with Crippen molar-refractivity contribution in [2.24, 2.45) is 5.92 Å². The third kappa shape index (κ3) is 2.09. The molecule has 1 aliphatic heterocycles. The zero-order valence-corrected chi connectivity index (χ0v) is 11.8. The molecule has 3 nitrogen and oxygen atoms in total. The van der Waals surface area contributed by atoms with E-state index in [0.717, 1.165) is 29.7 Å². The summed E-state index contributed by atoms with van der Waals surface area (Å²) in [5, 5.41) is 1.23. The molecule has 18 heavy (non-hydrogen) atoms. The van der Waals surface area contributed by atoms with E-state index in [1.54, 1.807) is 17.7 Å². The Morgan fingerprint density at radius 1 is 1.44 bits per heavy atom. The number of rotatable bonds is 2. The summed E-state index contributed by atoms with van der Waals surface area (Å²) in [4.78, 5) is 13.8. The van der Waals surface area contributed by atoms with E-state index in [2.05, 4.69) is 34.8 Å². The molecule has 1 atom stereocenters. The fourth-order valence-corrected chi connectivity index (χ4v) is 3.65. The summed E-state index contributed by atoms with van der Waals surface area (Å²) in [6.45, 7) is 6.72. The van der Waals surface area contributed by atoms with Gasteiger partial charge in [0.2, 0.25) is 0 Å². The highest BCUT2D eigenvalue weighted by atomic mass is 32.1. The number of thiophene rings is 1. The van der Waals surface area contributed by atoms with Crippen LogP contribution in [0.3, 0.4) is 0 Å². The molecule has 3 rings (SSSR count). The predicted molar refractivity (Wildman–Crippen MR) is 77.4 cm³/mol. The molecule has 0 aromatic carbocycles. The predicted octanol–water partition coefficient (Wildman–Crippen LogP) is 3.63. The molecule has 0 N–H and O–H groups in total. The Labute approximate surface area is 112 Å². The third-order valence-electron chi connectivity index (χ3n) is 3.83. The first-order chi connectivity index (χ1) is 8.78. The molecule has 3 heterocycles. The summed E-state index contributed by atoms with van der Waals surface area (Å²) < 4.78 is 0. The second kappa shape index (κ2) is 4.84. The van der Waals surface area contributed by atoms with Gasteiger partial charge in [0, 0.05) is 18.0 Å². The minimum atomic E-state index is 0.823. The van der Waals surface area contributed by atoms with Crippen LogP contribution in [0, 0.1) is 12.8 Å². The monoisotopic (exact) mass is 261 g/mol. The summed E-state index contributed by atoms with van der Waals surface area (Å²) >= 11 is 1.76. The number of fused-ring (bicyclic) bond motifs is 1. The lowest BCUT2D eigenvalue weighted by molar-refractivity contribution is 0.403. The lowest BCUT2D eigenvalue weighted by atomic mass is 9.95. The molecule has 0 saturated carbocycles. The number of nitrogens with zero attached hydrogens (tertiary/aromatic N) is 3. The summed E-state index contributed by atoms with van der Waals surface area (Å²) in [7, 11) is 0. The van der Waals surface area contributed by atoms with Gasteiger partial charge in [-0.25, -0.2) is 9.97 Å². The van der Waals surface area contributed by atoms with E-state index in [1.165, 1.54) is 29.5 Å². The second-order valence-electron chi connectivity index (χ2n) is 5.14. The van der Waals surface area contributed by atoms with Crippen molar-refractivity contribution < 1.29 is 0 Å². The van der Waals surface area contributed by atoms with Crippen LogP contribution in [0.5, 0.6) is 0 Å². The number of piperidine rings is 1. The fraction of sp³-hybridized carbons (Fsp3) is 0.571. The largest absolute Gasteiger partial charge is 0.356 e. The molecule has 4 heteroatoms. The normalized spacial score (nSPS) is 20.6. The molecule has 1 aliphatic rings. The average molecular weight is 261 g/mol. The summed E-state index contributed by atoms with van der Waals surface area (Å²) in [5.74, 6) is 1.96. The van der Waals surface area contributed by atoms with Gasteiger partial charge in [-0.1, -0.05) is 13.3 Å². The summed E-state index contributed by atoms with van der Waals surface area (Å²) in [6.07, 6.45) is 5.63. The van der Waals surface area contributed by atoms with Gasteiger partial charge in [0.15, 0.2) is 0 Å². The highest BCUT2D eigenvalue weighted by molar-refractivity contribution is 7.18. The number of hydrogen-bond donors (Lipinski definition) is 0. The van der Waals surface area contributed by atoms with Crippen LogP contribution in [-0.4, -0.2) is 23.1 Å².